The van der Waals surface area contributed by atoms with Gasteiger partial charge in [-0.3, -0.25) is 0 Å². The van der Waals surface area contributed by atoms with Crippen molar-refractivity contribution < 1.29 is 9.84 Å². The smallest absolute Gasteiger partial charge is 0.160 e. The minimum Gasteiger partial charge on any atom is -0.504 e. The number of hydrogen-bond donors (Lipinski definition) is 2. The van der Waals surface area contributed by atoms with Crippen molar-refractivity contribution >= 4 is 17.3 Å². The van der Waals surface area contributed by atoms with E-state index in [2.05, 4.69) is 5.32 Å². The molecule has 2 rings (SSSR count). The van der Waals surface area contributed by atoms with Crippen molar-refractivity contribution in [3.63, 3.8) is 0 Å². The summed E-state index contributed by atoms with van der Waals surface area (Å²) in [6, 6.07) is 12.4. The second-order valence-corrected chi connectivity index (χ2v) is 5.01. The van der Waals surface area contributed by atoms with Crippen molar-refractivity contribution in [2.45, 2.75) is 13.0 Å². The molecule has 1 unspecified atom stereocenters. The third-order valence-corrected chi connectivity index (χ3v) is 3.50. The molecule has 0 aliphatic heterocycles. The fourth-order valence-corrected chi connectivity index (χ4v) is 2.16. The van der Waals surface area contributed by atoms with Crippen LogP contribution in [0.3, 0.4) is 0 Å². The van der Waals surface area contributed by atoms with E-state index in [1.54, 1.807) is 24.3 Å². The van der Waals surface area contributed by atoms with Crippen LogP contribution in [0, 0.1) is 11.3 Å². The zero-order valence-electron chi connectivity index (χ0n) is 11.7. The Kier molecular flexibility index (Phi) is 4.56. The molecule has 2 aromatic carbocycles. The molecule has 0 fully saturated rings. The number of nitrogens with zero attached hydrogens (tertiary/aromatic N) is 1. The van der Waals surface area contributed by atoms with Gasteiger partial charge in [-0.2, -0.15) is 5.26 Å². The van der Waals surface area contributed by atoms with Crippen LogP contribution in [-0.4, -0.2) is 12.2 Å². The molecular formula is C16H15ClN2O2. The number of benzene rings is 2. The second kappa shape index (κ2) is 6.38. The van der Waals surface area contributed by atoms with E-state index in [0.29, 0.717) is 16.3 Å². The molecule has 2 aromatic rings. The number of ether oxygens (including phenoxy) is 1. The molecule has 0 saturated heterocycles. The second-order valence-electron chi connectivity index (χ2n) is 4.60. The van der Waals surface area contributed by atoms with E-state index < -0.39 is 0 Å². The molecule has 0 bridgehead atoms. The van der Waals surface area contributed by atoms with Crippen molar-refractivity contribution in [2.75, 3.05) is 12.4 Å². The molecule has 0 amide bonds. The zero-order valence-corrected chi connectivity index (χ0v) is 12.5. The van der Waals surface area contributed by atoms with Gasteiger partial charge in [0.25, 0.3) is 0 Å². The Hall–Kier alpha value is -2.38. The highest BCUT2D eigenvalue weighted by atomic mass is 35.5. The molecule has 0 aliphatic rings. The average Bonchev–Trinajstić information content (AvgIpc) is 2.49. The molecule has 108 valence electrons. The SMILES string of the molecule is COc1cc(C(C)Nc2ccc(Cl)c(C#N)c2)ccc1O. The number of nitriles is 1. The Bertz CT molecular complexity index is 695. The van der Waals surface area contributed by atoms with E-state index in [4.69, 9.17) is 21.6 Å². The summed E-state index contributed by atoms with van der Waals surface area (Å²) in [5.74, 6) is 0.529. The van der Waals surface area contributed by atoms with Crippen LogP contribution >= 0.6 is 11.6 Å². The molecule has 0 aromatic heterocycles. The summed E-state index contributed by atoms with van der Waals surface area (Å²) in [7, 11) is 1.51. The third kappa shape index (κ3) is 3.39. The van der Waals surface area contributed by atoms with E-state index in [-0.39, 0.29) is 11.8 Å². The highest BCUT2D eigenvalue weighted by Gasteiger charge is 2.10. The van der Waals surface area contributed by atoms with Crippen LogP contribution in [0.15, 0.2) is 36.4 Å². The van der Waals surface area contributed by atoms with E-state index >= 15 is 0 Å². The highest BCUT2D eigenvalue weighted by molar-refractivity contribution is 6.31. The summed E-state index contributed by atoms with van der Waals surface area (Å²) >= 11 is 5.91. The first kappa shape index (κ1) is 15.0. The van der Waals surface area contributed by atoms with Gasteiger partial charge in [0.15, 0.2) is 11.5 Å². The van der Waals surface area contributed by atoms with E-state index in [0.717, 1.165) is 11.3 Å². The van der Waals surface area contributed by atoms with Gasteiger partial charge in [-0.05, 0) is 42.8 Å². The summed E-state index contributed by atoms with van der Waals surface area (Å²) in [6.07, 6.45) is 0. The molecule has 0 aliphatic carbocycles. The summed E-state index contributed by atoms with van der Waals surface area (Å²) in [6.45, 7) is 1.98. The van der Waals surface area contributed by atoms with E-state index in [9.17, 15) is 5.11 Å². The topological polar surface area (TPSA) is 65.3 Å². The molecule has 2 N–H and O–H groups in total. The number of hydrogen-bond acceptors (Lipinski definition) is 4. The highest BCUT2D eigenvalue weighted by Crippen LogP contribution is 2.30. The minimum absolute atomic E-state index is 0.0211. The van der Waals surface area contributed by atoms with Crippen molar-refractivity contribution in [1.82, 2.24) is 0 Å². The molecular weight excluding hydrogens is 288 g/mol. The van der Waals surface area contributed by atoms with Gasteiger partial charge in [0.1, 0.15) is 6.07 Å². The molecule has 4 nitrogen and oxygen atoms in total. The summed E-state index contributed by atoms with van der Waals surface area (Å²) in [4.78, 5) is 0. The maximum Gasteiger partial charge on any atom is 0.160 e. The van der Waals surface area contributed by atoms with Crippen molar-refractivity contribution in [2.24, 2.45) is 0 Å². The molecule has 0 heterocycles. The Morgan fingerprint density at radius 1 is 1.29 bits per heavy atom. The van der Waals surface area contributed by atoms with Crippen LogP contribution in [-0.2, 0) is 0 Å². The van der Waals surface area contributed by atoms with Crippen molar-refractivity contribution in [1.29, 1.82) is 5.26 Å². The first-order chi connectivity index (χ1) is 10.0. The monoisotopic (exact) mass is 302 g/mol. The molecule has 5 heteroatoms. The first-order valence-electron chi connectivity index (χ1n) is 6.38. The Balaban J connectivity index is 2.22. The predicted octanol–water partition coefficient (Wildman–Crippen LogP) is 4.10. The number of phenolic OH excluding ortho intramolecular Hbond substituents is 1. The quantitative estimate of drug-likeness (QED) is 0.892. The number of aromatic hydroxyl groups is 1. The number of halogens is 1. The lowest BCUT2D eigenvalue weighted by Crippen LogP contribution is -2.07. The number of nitrogens with one attached hydrogen (secondary N) is 1. The lowest BCUT2D eigenvalue weighted by atomic mass is 10.1. The Labute approximate surface area is 128 Å². The predicted molar refractivity (Wildman–Crippen MR) is 82.9 cm³/mol. The minimum atomic E-state index is -0.0211. The first-order valence-corrected chi connectivity index (χ1v) is 6.76. The van der Waals surface area contributed by atoms with Crippen LogP contribution in [0.4, 0.5) is 5.69 Å². The van der Waals surface area contributed by atoms with Crippen LogP contribution in [0.2, 0.25) is 5.02 Å². The van der Waals surface area contributed by atoms with Crippen LogP contribution in [0.1, 0.15) is 24.1 Å². The average molecular weight is 303 g/mol. The van der Waals surface area contributed by atoms with Gasteiger partial charge in [0.2, 0.25) is 0 Å². The zero-order chi connectivity index (χ0) is 15.4. The summed E-state index contributed by atoms with van der Waals surface area (Å²) in [5.41, 5.74) is 2.19. The van der Waals surface area contributed by atoms with Gasteiger partial charge < -0.3 is 15.2 Å². The number of anilines is 1. The van der Waals surface area contributed by atoms with Crippen LogP contribution in [0.5, 0.6) is 11.5 Å². The number of rotatable bonds is 4. The van der Waals surface area contributed by atoms with E-state index in [1.807, 2.05) is 25.1 Å². The van der Waals surface area contributed by atoms with Crippen molar-refractivity contribution in [3.05, 3.63) is 52.5 Å². The van der Waals surface area contributed by atoms with Gasteiger partial charge in [-0.25, -0.2) is 0 Å². The maximum absolute atomic E-state index is 9.61. The fraction of sp³-hybridized carbons (Fsp3) is 0.188. The van der Waals surface area contributed by atoms with Crippen molar-refractivity contribution in [3.8, 4) is 17.6 Å². The molecule has 1 atom stereocenters. The largest absolute Gasteiger partial charge is 0.504 e. The lowest BCUT2D eigenvalue weighted by molar-refractivity contribution is 0.373. The summed E-state index contributed by atoms with van der Waals surface area (Å²) in [5, 5.41) is 22.3. The van der Waals surface area contributed by atoms with Crippen LogP contribution in [0.25, 0.3) is 0 Å². The standard InChI is InChI=1S/C16H15ClN2O2/c1-10(11-3-6-15(20)16(8-11)21-2)19-13-4-5-14(17)12(7-13)9-18/h3-8,10,19-20H,1-2H3. The normalized spacial score (nSPS) is 11.5. The van der Waals surface area contributed by atoms with Gasteiger partial charge >= 0.3 is 0 Å². The lowest BCUT2D eigenvalue weighted by Gasteiger charge is -2.17. The summed E-state index contributed by atoms with van der Waals surface area (Å²) < 4.78 is 5.10. The number of phenols is 1. The van der Waals surface area contributed by atoms with Gasteiger partial charge in [-0.1, -0.05) is 17.7 Å². The van der Waals surface area contributed by atoms with E-state index in [1.165, 1.54) is 7.11 Å². The van der Waals surface area contributed by atoms with Gasteiger partial charge in [0, 0.05) is 11.7 Å². The fourth-order valence-electron chi connectivity index (χ4n) is 2.00. The maximum atomic E-state index is 9.61. The molecule has 0 spiro atoms. The third-order valence-electron chi connectivity index (χ3n) is 3.17. The number of methoxy groups -OCH3 is 1. The molecule has 0 radical (unpaired) electrons. The molecule has 21 heavy (non-hydrogen) atoms. The Morgan fingerprint density at radius 2 is 2.05 bits per heavy atom. The van der Waals surface area contributed by atoms with Crippen LogP contribution < -0.4 is 10.1 Å². The van der Waals surface area contributed by atoms with Gasteiger partial charge in [-0.15, -0.1) is 0 Å². The molecule has 0 saturated carbocycles. The Morgan fingerprint density at radius 3 is 2.71 bits per heavy atom. The van der Waals surface area contributed by atoms with Gasteiger partial charge in [0.05, 0.1) is 17.7 Å².